The molecule has 0 saturated carbocycles. The minimum absolute atomic E-state index is 0.192. The van der Waals surface area contributed by atoms with E-state index in [9.17, 15) is 4.79 Å². The zero-order valence-corrected chi connectivity index (χ0v) is 13.3. The number of amides is 1. The largest absolute Gasteiger partial charge is 0.380 e. The number of rotatable bonds is 5. The SMILES string of the molecule is CCOC[C@H]1CCCN1C(=O)Cc1ccc2nc(C)[nH]c2c1. The molecule has 1 aromatic carbocycles. The lowest BCUT2D eigenvalue weighted by Gasteiger charge is -2.24. The van der Waals surface area contributed by atoms with E-state index in [2.05, 4.69) is 9.97 Å². The van der Waals surface area contributed by atoms with Crippen LogP contribution in [-0.4, -0.2) is 46.6 Å². The van der Waals surface area contributed by atoms with Crippen molar-refractivity contribution in [2.75, 3.05) is 19.8 Å². The first-order chi connectivity index (χ1) is 10.7. The topological polar surface area (TPSA) is 58.2 Å². The monoisotopic (exact) mass is 301 g/mol. The quantitative estimate of drug-likeness (QED) is 0.923. The average molecular weight is 301 g/mol. The highest BCUT2D eigenvalue weighted by Gasteiger charge is 2.28. The highest BCUT2D eigenvalue weighted by Crippen LogP contribution is 2.20. The summed E-state index contributed by atoms with van der Waals surface area (Å²) in [6, 6.07) is 6.24. The van der Waals surface area contributed by atoms with E-state index in [1.165, 1.54) is 0 Å². The number of hydrogen-bond acceptors (Lipinski definition) is 3. The summed E-state index contributed by atoms with van der Waals surface area (Å²) in [4.78, 5) is 22.2. The maximum atomic E-state index is 12.6. The number of likely N-dealkylation sites (tertiary alicyclic amines) is 1. The smallest absolute Gasteiger partial charge is 0.227 e. The molecule has 1 saturated heterocycles. The number of imidazole rings is 1. The van der Waals surface area contributed by atoms with Gasteiger partial charge >= 0.3 is 0 Å². The van der Waals surface area contributed by atoms with Crippen LogP contribution in [0.25, 0.3) is 11.0 Å². The van der Waals surface area contributed by atoms with Gasteiger partial charge in [-0.15, -0.1) is 0 Å². The molecule has 1 aromatic heterocycles. The summed E-state index contributed by atoms with van der Waals surface area (Å²) in [5.41, 5.74) is 2.97. The molecule has 1 aliphatic rings. The first-order valence-corrected chi connectivity index (χ1v) is 8.00. The fraction of sp³-hybridized carbons (Fsp3) is 0.529. The first kappa shape index (κ1) is 15.0. The average Bonchev–Trinajstić information content (AvgIpc) is 3.09. The number of aromatic amines is 1. The summed E-state index contributed by atoms with van der Waals surface area (Å²) < 4.78 is 5.50. The number of nitrogens with zero attached hydrogens (tertiary/aromatic N) is 2. The number of fused-ring (bicyclic) bond motifs is 1. The van der Waals surface area contributed by atoms with Crippen molar-refractivity contribution in [3.63, 3.8) is 0 Å². The second-order valence-electron chi connectivity index (χ2n) is 5.89. The number of hydrogen-bond donors (Lipinski definition) is 1. The summed E-state index contributed by atoms with van der Waals surface area (Å²) in [6.07, 6.45) is 2.56. The number of nitrogens with one attached hydrogen (secondary N) is 1. The normalized spacial score (nSPS) is 18.3. The van der Waals surface area contributed by atoms with Gasteiger partial charge in [0.2, 0.25) is 5.91 Å². The number of aryl methyl sites for hydroxylation is 1. The molecule has 0 unspecified atom stereocenters. The molecule has 1 atom stereocenters. The summed E-state index contributed by atoms with van der Waals surface area (Å²) >= 11 is 0. The van der Waals surface area contributed by atoms with E-state index >= 15 is 0 Å². The number of aromatic nitrogens is 2. The van der Waals surface area contributed by atoms with Gasteiger partial charge in [-0.05, 0) is 44.4 Å². The molecule has 0 spiro atoms. The third-order valence-electron chi connectivity index (χ3n) is 4.23. The van der Waals surface area contributed by atoms with Gasteiger partial charge in [-0.3, -0.25) is 4.79 Å². The Hall–Kier alpha value is -1.88. The Morgan fingerprint density at radius 1 is 1.50 bits per heavy atom. The van der Waals surface area contributed by atoms with E-state index < -0.39 is 0 Å². The van der Waals surface area contributed by atoms with Crippen molar-refractivity contribution in [1.29, 1.82) is 0 Å². The van der Waals surface area contributed by atoms with Crippen molar-refractivity contribution in [3.05, 3.63) is 29.6 Å². The van der Waals surface area contributed by atoms with E-state index in [-0.39, 0.29) is 11.9 Å². The van der Waals surface area contributed by atoms with E-state index in [1.807, 2.05) is 36.9 Å². The molecule has 5 nitrogen and oxygen atoms in total. The molecular formula is C17H23N3O2. The molecule has 2 heterocycles. The van der Waals surface area contributed by atoms with E-state index in [0.29, 0.717) is 19.6 Å². The Morgan fingerprint density at radius 3 is 3.18 bits per heavy atom. The number of benzene rings is 1. The second kappa shape index (κ2) is 6.48. The van der Waals surface area contributed by atoms with Crippen LogP contribution in [0.2, 0.25) is 0 Å². The predicted molar refractivity (Wildman–Crippen MR) is 85.8 cm³/mol. The fourth-order valence-electron chi connectivity index (χ4n) is 3.16. The van der Waals surface area contributed by atoms with E-state index in [1.54, 1.807) is 0 Å². The van der Waals surface area contributed by atoms with Gasteiger partial charge in [0.25, 0.3) is 0 Å². The molecule has 1 fully saturated rings. The van der Waals surface area contributed by atoms with Crippen LogP contribution in [0.15, 0.2) is 18.2 Å². The van der Waals surface area contributed by atoms with Crippen LogP contribution in [0.4, 0.5) is 0 Å². The molecule has 5 heteroatoms. The molecule has 0 bridgehead atoms. The van der Waals surface area contributed by atoms with Crippen LogP contribution in [0.1, 0.15) is 31.2 Å². The first-order valence-electron chi connectivity index (χ1n) is 8.00. The minimum atomic E-state index is 0.192. The molecule has 0 aliphatic carbocycles. The number of carbonyl (C=O) groups is 1. The minimum Gasteiger partial charge on any atom is -0.380 e. The van der Waals surface area contributed by atoms with Crippen LogP contribution in [0.3, 0.4) is 0 Å². The molecule has 118 valence electrons. The van der Waals surface area contributed by atoms with Crippen LogP contribution in [-0.2, 0) is 16.0 Å². The van der Waals surface area contributed by atoms with Gasteiger partial charge in [0, 0.05) is 13.2 Å². The van der Waals surface area contributed by atoms with E-state index in [0.717, 1.165) is 41.8 Å². The van der Waals surface area contributed by atoms with Gasteiger partial charge in [0.15, 0.2) is 0 Å². The van der Waals surface area contributed by atoms with Crippen LogP contribution in [0, 0.1) is 6.92 Å². The van der Waals surface area contributed by atoms with E-state index in [4.69, 9.17) is 4.74 Å². The molecule has 1 N–H and O–H groups in total. The van der Waals surface area contributed by atoms with Gasteiger partial charge in [-0.2, -0.15) is 0 Å². The Labute approximate surface area is 130 Å². The predicted octanol–water partition coefficient (Wildman–Crippen LogP) is 2.44. The molecule has 3 rings (SSSR count). The third-order valence-corrected chi connectivity index (χ3v) is 4.23. The highest BCUT2D eigenvalue weighted by atomic mass is 16.5. The third kappa shape index (κ3) is 3.14. The molecule has 1 amide bonds. The maximum Gasteiger partial charge on any atom is 0.227 e. The Morgan fingerprint density at radius 2 is 2.36 bits per heavy atom. The standard InChI is InChI=1S/C17H23N3O2/c1-3-22-11-14-5-4-8-20(14)17(21)10-13-6-7-15-16(9-13)19-12(2)18-15/h6-7,9,14H,3-5,8,10-11H2,1-2H3,(H,18,19)/t14-/m1/s1. The summed E-state index contributed by atoms with van der Waals surface area (Å²) in [6.45, 7) is 6.13. The van der Waals surface area contributed by atoms with Crippen LogP contribution in [0.5, 0.6) is 0 Å². The summed E-state index contributed by atoms with van der Waals surface area (Å²) in [5.74, 6) is 1.09. The number of H-pyrrole nitrogens is 1. The zero-order chi connectivity index (χ0) is 15.5. The lowest BCUT2D eigenvalue weighted by molar-refractivity contribution is -0.132. The van der Waals surface area contributed by atoms with Crippen molar-refractivity contribution in [2.45, 2.75) is 39.2 Å². The van der Waals surface area contributed by atoms with Crippen LogP contribution >= 0.6 is 0 Å². The lowest BCUT2D eigenvalue weighted by Crippen LogP contribution is -2.39. The molecule has 1 aliphatic heterocycles. The Kier molecular flexibility index (Phi) is 4.43. The number of ether oxygens (including phenoxy) is 1. The Bertz CT molecular complexity index is 665. The molecule has 22 heavy (non-hydrogen) atoms. The number of carbonyl (C=O) groups excluding carboxylic acids is 1. The van der Waals surface area contributed by atoms with Crippen molar-refractivity contribution in [2.24, 2.45) is 0 Å². The molecule has 0 radical (unpaired) electrons. The van der Waals surface area contributed by atoms with Crippen LogP contribution < -0.4 is 0 Å². The van der Waals surface area contributed by atoms with Crippen molar-refractivity contribution < 1.29 is 9.53 Å². The van der Waals surface area contributed by atoms with Crippen molar-refractivity contribution >= 4 is 16.9 Å². The second-order valence-corrected chi connectivity index (χ2v) is 5.89. The van der Waals surface area contributed by atoms with Gasteiger partial charge in [0.1, 0.15) is 5.82 Å². The van der Waals surface area contributed by atoms with Gasteiger partial charge in [0.05, 0.1) is 30.1 Å². The fourth-order valence-corrected chi connectivity index (χ4v) is 3.16. The van der Waals surface area contributed by atoms with Gasteiger partial charge in [-0.1, -0.05) is 6.07 Å². The maximum absolute atomic E-state index is 12.6. The molecular weight excluding hydrogens is 278 g/mol. The molecule has 2 aromatic rings. The Balaban J connectivity index is 1.69. The highest BCUT2D eigenvalue weighted by molar-refractivity contribution is 5.82. The summed E-state index contributed by atoms with van der Waals surface area (Å²) in [5, 5.41) is 0. The van der Waals surface area contributed by atoms with Gasteiger partial charge < -0.3 is 14.6 Å². The summed E-state index contributed by atoms with van der Waals surface area (Å²) in [7, 11) is 0. The lowest BCUT2D eigenvalue weighted by atomic mass is 10.1. The van der Waals surface area contributed by atoms with Crippen molar-refractivity contribution in [3.8, 4) is 0 Å². The van der Waals surface area contributed by atoms with Gasteiger partial charge in [-0.25, -0.2) is 4.98 Å². The zero-order valence-electron chi connectivity index (χ0n) is 13.3. The van der Waals surface area contributed by atoms with Crippen molar-refractivity contribution in [1.82, 2.24) is 14.9 Å².